The quantitative estimate of drug-likeness (QED) is 0.872. The zero-order valence-corrected chi connectivity index (χ0v) is 11.8. The van der Waals surface area contributed by atoms with Gasteiger partial charge < -0.3 is 10.1 Å². The molecule has 3 heteroatoms. The maximum Gasteiger partial charge on any atom is 0.119 e. The molecule has 1 N–H and O–H groups in total. The van der Waals surface area contributed by atoms with Gasteiger partial charge in [-0.25, -0.2) is 0 Å². The predicted octanol–water partition coefficient (Wildman–Crippen LogP) is 4.17. The molecule has 1 aromatic carbocycles. The van der Waals surface area contributed by atoms with Gasteiger partial charge in [0.15, 0.2) is 0 Å². The van der Waals surface area contributed by atoms with E-state index in [1.54, 1.807) is 18.4 Å². The Balaban J connectivity index is 2.04. The van der Waals surface area contributed by atoms with Crippen molar-refractivity contribution in [3.63, 3.8) is 0 Å². The van der Waals surface area contributed by atoms with E-state index >= 15 is 0 Å². The third-order valence-electron chi connectivity index (χ3n) is 3.06. The summed E-state index contributed by atoms with van der Waals surface area (Å²) in [4.78, 5) is 1.37. The monoisotopic (exact) mass is 261 g/mol. The van der Waals surface area contributed by atoms with Crippen LogP contribution in [-0.2, 0) is 0 Å². The summed E-state index contributed by atoms with van der Waals surface area (Å²) in [6.45, 7) is 4.38. The third kappa shape index (κ3) is 3.12. The smallest absolute Gasteiger partial charge is 0.119 e. The molecule has 0 radical (unpaired) electrons. The standard InChI is InChI=1S/C15H19NOS/c1-11(13-6-4-7-14(10-13)17-3)16-12(2)15-8-5-9-18-15/h4-12,16H,1-3H3/t11-,12?/m1/s1. The lowest BCUT2D eigenvalue weighted by molar-refractivity contribution is 0.412. The maximum atomic E-state index is 5.26. The van der Waals surface area contributed by atoms with Crippen LogP contribution in [0.2, 0.25) is 0 Å². The van der Waals surface area contributed by atoms with Crippen molar-refractivity contribution in [2.45, 2.75) is 25.9 Å². The molecule has 0 bridgehead atoms. The molecule has 18 heavy (non-hydrogen) atoms. The summed E-state index contributed by atoms with van der Waals surface area (Å²) in [5.74, 6) is 0.907. The molecular formula is C15H19NOS. The number of ether oxygens (including phenoxy) is 1. The second kappa shape index (κ2) is 6.03. The molecule has 0 saturated carbocycles. The number of nitrogens with one attached hydrogen (secondary N) is 1. The normalized spacial score (nSPS) is 14.2. The zero-order valence-electron chi connectivity index (χ0n) is 11.0. The minimum absolute atomic E-state index is 0.303. The molecule has 1 unspecified atom stereocenters. The maximum absolute atomic E-state index is 5.26. The van der Waals surface area contributed by atoms with Crippen LogP contribution in [0.5, 0.6) is 5.75 Å². The van der Waals surface area contributed by atoms with Crippen molar-refractivity contribution in [1.29, 1.82) is 0 Å². The highest BCUT2D eigenvalue weighted by Crippen LogP contribution is 2.24. The number of benzene rings is 1. The van der Waals surface area contributed by atoms with Gasteiger partial charge in [-0.3, -0.25) is 0 Å². The van der Waals surface area contributed by atoms with Crippen molar-refractivity contribution >= 4 is 11.3 Å². The zero-order chi connectivity index (χ0) is 13.0. The fourth-order valence-corrected chi connectivity index (χ4v) is 2.75. The van der Waals surface area contributed by atoms with Crippen LogP contribution in [0, 0.1) is 0 Å². The molecule has 0 saturated heterocycles. The van der Waals surface area contributed by atoms with E-state index in [2.05, 4.69) is 48.8 Å². The molecule has 2 aromatic rings. The van der Waals surface area contributed by atoms with Gasteiger partial charge in [0.25, 0.3) is 0 Å². The summed E-state index contributed by atoms with van der Waals surface area (Å²) in [6, 6.07) is 13.1. The predicted molar refractivity (Wildman–Crippen MR) is 77.3 cm³/mol. The summed E-state index contributed by atoms with van der Waals surface area (Å²) in [7, 11) is 1.70. The first-order valence-electron chi connectivity index (χ1n) is 6.14. The Morgan fingerprint density at radius 2 is 1.94 bits per heavy atom. The van der Waals surface area contributed by atoms with Crippen LogP contribution >= 0.6 is 11.3 Å². The van der Waals surface area contributed by atoms with E-state index in [0.29, 0.717) is 12.1 Å². The number of methoxy groups -OCH3 is 1. The van der Waals surface area contributed by atoms with Crippen LogP contribution in [0.4, 0.5) is 0 Å². The van der Waals surface area contributed by atoms with Gasteiger partial charge >= 0.3 is 0 Å². The Morgan fingerprint density at radius 3 is 2.61 bits per heavy atom. The van der Waals surface area contributed by atoms with Crippen LogP contribution in [-0.4, -0.2) is 7.11 Å². The highest BCUT2D eigenvalue weighted by molar-refractivity contribution is 7.10. The molecule has 0 aliphatic rings. The van der Waals surface area contributed by atoms with Gasteiger partial charge in [0.2, 0.25) is 0 Å². The van der Waals surface area contributed by atoms with Crippen molar-refractivity contribution < 1.29 is 4.74 Å². The van der Waals surface area contributed by atoms with Crippen LogP contribution in [0.3, 0.4) is 0 Å². The highest BCUT2D eigenvalue weighted by atomic mass is 32.1. The molecular weight excluding hydrogens is 242 g/mol. The van der Waals surface area contributed by atoms with E-state index in [-0.39, 0.29) is 0 Å². The second-order valence-electron chi connectivity index (χ2n) is 4.40. The van der Waals surface area contributed by atoms with Crippen LogP contribution in [0.25, 0.3) is 0 Å². The van der Waals surface area contributed by atoms with E-state index in [0.717, 1.165) is 5.75 Å². The lowest BCUT2D eigenvalue weighted by atomic mass is 10.1. The molecule has 0 amide bonds. The summed E-state index contributed by atoms with van der Waals surface area (Å²) in [5, 5.41) is 5.72. The average Bonchev–Trinajstić information content (AvgIpc) is 2.92. The first-order chi connectivity index (χ1) is 8.70. The summed E-state index contributed by atoms with van der Waals surface area (Å²) in [5.41, 5.74) is 1.25. The molecule has 2 nitrogen and oxygen atoms in total. The van der Waals surface area contributed by atoms with E-state index in [1.165, 1.54) is 10.4 Å². The molecule has 96 valence electrons. The van der Waals surface area contributed by atoms with E-state index in [4.69, 9.17) is 4.74 Å². The lowest BCUT2D eigenvalue weighted by Gasteiger charge is -2.20. The van der Waals surface area contributed by atoms with Gasteiger partial charge in [-0.1, -0.05) is 18.2 Å². The highest BCUT2D eigenvalue weighted by Gasteiger charge is 2.12. The number of hydrogen-bond acceptors (Lipinski definition) is 3. The average molecular weight is 261 g/mol. The first kappa shape index (κ1) is 13.1. The van der Waals surface area contributed by atoms with Gasteiger partial charge in [-0.05, 0) is 43.0 Å². The first-order valence-corrected chi connectivity index (χ1v) is 7.02. The molecule has 0 fully saturated rings. The van der Waals surface area contributed by atoms with Crippen LogP contribution < -0.4 is 10.1 Å². The number of thiophene rings is 1. The van der Waals surface area contributed by atoms with Crippen molar-refractivity contribution in [3.05, 3.63) is 52.2 Å². The second-order valence-corrected chi connectivity index (χ2v) is 5.38. The molecule has 1 aromatic heterocycles. The third-order valence-corrected chi connectivity index (χ3v) is 4.12. The molecule has 0 aliphatic carbocycles. The fourth-order valence-electron chi connectivity index (χ4n) is 2.00. The molecule has 2 rings (SSSR count). The SMILES string of the molecule is COc1cccc([C@@H](C)NC(C)c2cccs2)c1. The van der Waals surface area contributed by atoms with Crippen molar-refractivity contribution in [2.24, 2.45) is 0 Å². The minimum Gasteiger partial charge on any atom is -0.497 e. The molecule has 0 aliphatic heterocycles. The molecule has 1 heterocycles. The van der Waals surface area contributed by atoms with E-state index < -0.39 is 0 Å². The molecule has 2 atom stereocenters. The van der Waals surface area contributed by atoms with Crippen LogP contribution in [0.1, 0.15) is 36.4 Å². The van der Waals surface area contributed by atoms with E-state index in [1.807, 2.05) is 12.1 Å². The minimum atomic E-state index is 0.303. The van der Waals surface area contributed by atoms with Gasteiger partial charge in [0.1, 0.15) is 5.75 Å². The Labute approximate surface area is 113 Å². The largest absolute Gasteiger partial charge is 0.497 e. The Bertz CT molecular complexity index is 481. The van der Waals surface area contributed by atoms with Gasteiger partial charge in [0, 0.05) is 17.0 Å². The Morgan fingerprint density at radius 1 is 1.11 bits per heavy atom. The van der Waals surface area contributed by atoms with Crippen molar-refractivity contribution in [2.75, 3.05) is 7.11 Å². The van der Waals surface area contributed by atoms with Crippen molar-refractivity contribution in [3.8, 4) is 5.75 Å². The number of rotatable bonds is 5. The lowest BCUT2D eigenvalue weighted by Crippen LogP contribution is -2.21. The van der Waals surface area contributed by atoms with Gasteiger partial charge in [-0.15, -0.1) is 11.3 Å². The number of hydrogen-bond donors (Lipinski definition) is 1. The fraction of sp³-hybridized carbons (Fsp3) is 0.333. The van der Waals surface area contributed by atoms with E-state index in [9.17, 15) is 0 Å². The summed E-state index contributed by atoms with van der Waals surface area (Å²) < 4.78 is 5.26. The summed E-state index contributed by atoms with van der Waals surface area (Å²) in [6.07, 6.45) is 0. The Hall–Kier alpha value is -1.32. The van der Waals surface area contributed by atoms with Gasteiger partial charge in [-0.2, -0.15) is 0 Å². The van der Waals surface area contributed by atoms with Crippen molar-refractivity contribution in [1.82, 2.24) is 5.32 Å². The van der Waals surface area contributed by atoms with Crippen LogP contribution in [0.15, 0.2) is 41.8 Å². The molecule has 0 spiro atoms. The topological polar surface area (TPSA) is 21.3 Å². The summed E-state index contributed by atoms with van der Waals surface area (Å²) >= 11 is 1.79. The Kier molecular flexibility index (Phi) is 4.39. The van der Waals surface area contributed by atoms with Gasteiger partial charge in [0.05, 0.1) is 7.11 Å².